The molecule has 14 heteroatoms. The van der Waals surface area contributed by atoms with E-state index in [-0.39, 0.29) is 29.0 Å². The zero-order chi connectivity index (χ0) is 29.9. The van der Waals surface area contributed by atoms with Gasteiger partial charge in [0.25, 0.3) is 0 Å². The Labute approximate surface area is 242 Å². The summed E-state index contributed by atoms with van der Waals surface area (Å²) in [6, 6.07) is 7.34. The Hall–Kier alpha value is -4.02. The lowest BCUT2D eigenvalue weighted by Crippen LogP contribution is -2.45. The van der Waals surface area contributed by atoms with Gasteiger partial charge in [0.05, 0.1) is 47.2 Å². The van der Waals surface area contributed by atoms with Crippen LogP contribution in [0.5, 0.6) is 0 Å². The van der Waals surface area contributed by atoms with Crippen LogP contribution in [-0.4, -0.2) is 50.9 Å². The van der Waals surface area contributed by atoms with Gasteiger partial charge in [0.15, 0.2) is 5.54 Å². The molecule has 0 amide bonds. The van der Waals surface area contributed by atoms with E-state index < -0.39 is 23.7 Å². The molecule has 2 fully saturated rings. The molecule has 6 rings (SSSR count). The second-order valence-corrected chi connectivity index (χ2v) is 11.6. The number of nitrogens with zero attached hydrogens (tertiary/aromatic N) is 6. The van der Waals surface area contributed by atoms with Crippen molar-refractivity contribution < 1.29 is 22.3 Å². The molecule has 42 heavy (non-hydrogen) atoms. The number of nitriles is 1. The molecular weight excluding hydrogens is 576 g/mol. The average Bonchev–Trinajstić information content (AvgIpc) is 3.61. The molecule has 4 heterocycles. The molecule has 4 aromatic rings. The van der Waals surface area contributed by atoms with Gasteiger partial charge >= 0.3 is 6.18 Å². The molecule has 2 N–H and O–H groups in total. The normalized spacial score (nSPS) is 17.8. The van der Waals surface area contributed by atoms with Crippen LogP contribution in [-0.2, 0) is 10.3 Å². The lowest BCUT2D eigenvalue weighted by Gasteiger charge is -2.38. The average molecular weight is 601 g/mol. The van der Waals surface area contributed by atoms with Gasteiger partial charge in [-0.15, -0.1) is 5.10 Å². The summed E-state index contributed by atoms with van der Waals surface area (Å²) in [7, 11) is 0. The van der Waals surface area contributed by atoms with E-state index in [2.05, 4.69) is 43.9 Å². The minimum atomic E-state index is -4.49. The fraction of sp³-hybridized carbons (Fsp3) is 0.393. The van der Waals surface area contributed by atoms with E-state index in [1.165, 1.54) is 24.5 Å². The number of ether oxygens (including phenoxy) is 1. The number of halogens is 5. The second-order valence-electron chi connectivity index (χ2n) is 11.2. The van der Waals surface area contributed by atoms with Gasteiger partial charge in [0, 0.05) is 40.5 Å². The fourth-order valence-corrected chi connectivity index (χ4v) is 5.44. The molecule has 3 aromatic heterocycles. The minimum Gasteiger partial charge on any atom is -0.383 e. The second kappa shape index (κ2) is 10.1. The number of hydrogen-bond donors (Lipinski definition) is 2. The smallest absolute Gasteiger partial charge is 0.383 e. The standard InChI is InChI=1S/C28H25ClF4N8O/c1-15-18(3-4-22(30)37-15)25(21-11-41(40-39-21)27(5-6-27)28(31,32)33)38-17-7-19-23(36-12-26(2)13-42-14-26)16(9-34)10-35-24(19)20(29)8-17/h3-4,7-8,10-11,25,38H,5-6,12-14H2,1-2H3,(H,35,36)/t25-/m0/s1. The number of hydrogen-bond acceptors (Lipinski definition) is 8. The van der Waals surface area contributed by atoms with Crippen molar-refractivity contribution in [3.63, 3.8) is 0 Å². The molecule has 1 aliphatic carbocycles. The van der Waals surface area contributed by atoms with E-state index >= 15 is 0 Å². The maximum atomic E-state index is 13.9. The molecular formula is C28H25ClF4N8O. The van der Waals surface area contributed by atoms with Gasteiger partial charge in [0.1, 0.15) is 11.8 Å². The van der Waals surface area contributed by atoms with Crippen LogP contribution < -0.4 is 10.6 Å². The lowest BCUT2D eigenvalue weighted by molar-refractivity contribution is -0.182. The molecule has 218 valence electrons. The van der Waals surface area contributed by atoms with Gasteiger partial charge in [-0.05, 0) is 38.0 Å². The Morgan fingerprint density at radius 3 is 2.62 bits per heavy atom. The van der Waals surface area contributed by atoms with Crippen LogP contribution in [0.4, 0.5) is 28.9 Å². The van der Waals surface area contributed by atoms with Crippen molar-refractivity contribution in [1.82, 2.24) is 25.0 Å². The van der Waals surface area contributed by atoms with Gasteiger partial charge in [0.2, 0.25) is 5.95 Å². The first kappa shape index (κ1) is 28.1. The molecule has 2 aliphatic rings. The van der Waals surface area contributed by atoms with E-state index in [1.807, 2.05) is 0 Å². The SMILES string of the molecule is Cc1nc(F)ccc1[C@H](Nc1cc(Cl)c2ncc(C#N)c(NCC3(C)COC3)c2c1)c1cn(C2(C(F)(F)F)CC2)nn1. The first-order chi connectivity index (χ1) is 19.9. The topological polar surface area (TPSA) is 114 Å². The predicted octanol–water partition coefficient (Wildman–Crippen LogP) is 5.90. The highest BCUT2D eigenvalue weighted by molar-refractivity contribution is 6.35. The highest BCUT2D eigenvalue weighted by Crippen LogP contribution is 2.55. The van der Waals surface area contributed by atoms with Crippen molar-refractivity contribution in [2.75, 3.05) is 30.4 Å². The number of fused-ring (bicyclic) bond motifs is 1. The zero-order valence-corrected chi connectivity index (χ0v) is 23.3. The fourth-order valence-electron chi connectivity index (χ4n) is 5.18. The Kier molecular flexibility index (Phi) is 6.74. The molecule has 1 atom stereocenters. The lowest BCUT2D eigenvalue weighted by atomic mass is 9.88. The van der Waals surface area contributed by atoms with Gasteiger partial charge in [-0.1, -0.05) is 29.8 Å². The molecule has 1 saturated heterocycles. The van der Waals surface area contributed by atoms with Crippen molar-refractivity contribution in [2.45, 2.75) is 44.4 Å². The monoisotopic (exact) mass is 600 g/mol. The molecule has 1 aromatic carbocycles. The van der Waals surface area contributed by atoms with Crippen molar-refractivity contribution >= 4 is 33.9 Å². The summed E-state index contributed by atoms with van der Waals surface area (Å²) in [6.07, 6.45) is -1.97. The van der Waals surface area contributed by atoms with E-state index in [1.54, 1.807) is 19.1 Å². The van der Waals surface area contributed by atoms with Crippen LogP contribution in [0.15, 0.2) is 36.7 Å². The van der Waals surface area contributed by atoms with Crippen LogP contribution in [0.1, 0.15) is 48.3 Å². The number of nitrogens with one attached hydrogen (secondary N) is 2. The van der Waals surface area contributed by atoms with Gasteiger partial charge in [-0.25, -0.2) is 9.67 Å². The molecule has 0 radical (unpaired) electrons. The molecule has 0 spiro atoms. The molecule has 1 aliphatic heterocycles. The molecule has 9 nitrogen and oxygen atoms in total. The van der Waals surface area contributed by atoms with Crippen LogP contribution in [0.2, 0.25) is 5.02 Å². The Balaban J connectivity index is 1.42. The third-order valence-corrected chi connectivity index (χ3v) is 8.14. The van der Waals surface area contributed by atoms with E-state index in [4.69, 9.17) is 16.3 Å². The highest BCUT2D eigenvalue weighted by atomic mass is 35.5. The van der Waals surface area contributed by atoms with Gasteiger partial charge < -0.3 is 15.4 Å². The Morgan fingerprint density at radius 2 is 2.00 bits per heavy atom. The summed E-state index contributed by atoms with van der Waals surface area (Å²) >= 11 is 6.66. The number of alkyl halides is 3. The highest BCUT2D eigenvalue weighted by Gasteiger charge is 2.66. The van der Waals surface area contributed by atoms with Crippen LogP contribution in [0, 0.1) is 29.6 Å². The summed E-state index contributed by atoms with van der Waals surface area (Å²) in [5.74, 6) is -0.696. The van der Waals surface area contributed by atoms with Crippen LogP contribution in [0.3, 0.4) is 0 Å². The first-order valence-electron chi connectivity index (χ1n) is 13.2. The van der Waals surface area contributed by atoms with E-state index in [0.29, 0.717) is 58.9 Å². The third-order valence-electron chi connectivity index (χ3n) is 7.85. The summed E-state index contributed by atoms with van der Waals surface area (Å²) < 4.78 is 61.6. The molecule has 0 bridgehead atoms. The number of pyridine rings is 2. The first-order valence-corrected chi connectivity index (χ1v) is 13.5. The van der Waals surface area contributed by atoms with E-state index in [9.17, 15) is 22.8 Å². The summed E-state index contributed by atoms with van der Waals surface area (Å²) in [6.45, 7) is 5.38. The molecule has 0 unspecified atom stereocenters. The summed E-state index contributed by atoms with van der Waals surface area (Å²) in [5, 5.41) is 25.2. The minimum absolute atomic E-state index is 0.0933. The van der Waals surface area contributed by atoms with Crippen molar-refractivity contribution in [3.05, 3.63) is 70.1 Å². The van der Waals surface area contributed by atoms with Crippen LogP contribution >= 0.6 is 11.6 Å². The Morgan fingerprint density at radius 1 is 1.24 bits per heavy atom. The van der Waals surface area contributed by atoms with Crippen LogP contribution in [0.25, 0.3) is 10.9 Å². The third kappa shape index (κ3) is 4.88. The van der Waals surface area contributed by atoms with Crippen molar-refractivity contribution in [2.24, 2.45) is 5.41 Å². The Bertz CT molecular complexity index is 1730. The number of rotatable bonds is 8. The summed E-state index contributed by atoms with van der Waals surface area (Å²) in [5.41, 5.74) is 0.582. The molecule has 1 saturated carbocycles. The predicted molar refractivity (Wildman–Crippen MR) is 147 cm³/mol. The summed E-state index contributed by atoms with van der Waals surface area (Å²) in [4.78, 5) is 8.28. The largest absolute Gasteiger partial charge is 0.413 e. The van der Waals surface area contributed by atoms with Crippen molar-refractivity contribution in [3.8, 4) is 6.07 Å². The maximum absolute atomic E-state index is 13.9. The number of anilines is 2. The van der Waals surface area contributed by atoms with E-state index in [0.717, 1.165) is 4.68 Å². The number of aromatic nitrogens is 5. The van der Waals surface area contributed by atoms with Crippen molar-refractivity contribution in [1.29, 1.82) is 5.26 Å². The quantitative estimate of drug-likeness (QED) is 0.190. The van der Waals surface area contributed by atoms with Gasteiger partial charge in [-0.2, -0.15) is 22.8 Å². The number of aryl methyl sites for hydroxylation is 1. The van der Waals surface area contributed by atoms with Gasteiger partial charge in [-0.3, -0.25) is 4.98 Å². The number of benzene rings is 1. The zero-order valence-electron chi connectivity index (χ0n) is 22.6. The maximum Gasteiger partial charge on any atom is 0.413 e.